The molecule has 1 N–H and O–H groups in total. The third-order valence-corrected chi connectivity index (χ3v) is 5.14. The summed E-state index contributed by atoms with van der Waals surface area (Å²) in [5.74, 6) is 0.0865. The fourth-order valence-corrected chi connectivity index (χ4v) is 3.48. The lowest BCUT2D eigenvalue weighted by Gasteiger charge is -2.29. The lowest BCUT2D eigenvalue weighted by molar-refractivity contribution is -0.125. The first kappa shape index (κ1) is 19.9. The Bertz CT molecular complexity index is 790. The van der Waals surface area contributed by atoms with Gasteiger partial charge in [0.05, 0.1) is 0 Å². The van der Waals surface area contributed by atoms with Crippen LogP contribution in [0.3, 0.4) is 0 Å². The van der Waals surface area contributed by atoms with E-state index in [0.717, 1.165) is 24.8 Å². The van der Waals surface area contributed by atoms with Crippen LogP contribution in [0.15, 0.2) is 54.6 Å². The van der Waals surface area contributed by atoms with Crippen LogP contribution < -0.4 is 10.1 Å². The lowest BCUT2D eigenvalue weighted by atomic mass is 9.86. The van der Waals surface area contributed by atoms with Crippen molar-refractivity contribution < 1.29 is 19.1 Å². The highest BCUT2D eigenvalue weighted by Crippen LogP contribution is 2.24. The van der Waals surface area contributed by atoms with E-state index in [-0.39, 0.29) is 18.6 Å². The molecule has 0 aliphatic heterocycles. The molecule has 1 saturated carbocycles. The molecular weight excluding hydrogens is 354 g/mol. The van der Waals surface area contributed by atoms with E-state index in [1.807, 2.05) is 30.3 Å². The van der Waals surface area contributed by atoms with E-state index in [2.05, 4.69) is 12.2 Å². The van der Waals surface area contributed by atoms with E-state index >= 15 is 0 Å². The van der Waals surface area contributed by atoms with Crippen molar-refractivity contribution in [2.45, 2.75) is 45.3 Å². The maximum absolute atomic E-state index is 12.5. The summed E-state index contributed by atoms with van der Waals surface area (Å²) in [6.07, 6.45) is 4.44. The lowest BCUT2D eigenvalue weighted by Crippen LogP contribution is -2.42. The summed E-state index contributed by atoms with van der Waals surface area (Å²) >= 11 is 0. The van der Waals surface area contributed by atoms with Gasteiger partial charge >= 0.3 is 5.97 Å². The number of benzene rings is 2. The van der Waals surface area contributed by atoms with Gasteiger partial charge in [-0.3, -0.25) is 4.79 Å². The number of rotatable bonds is 7. The highest BCUT2D eigenvalue weighted by molar-refractivity contribution is 5.94. The molecule has 1 aliphatic rings. The Labute approximate surface area is 166 Å². The molecule has 3 rings (SSSR count). The quantitative estimate of drug-likeness (QED) is 0.733. The van der Waals surface area contributed by atoms with Crippen molar-refractivity contribution in [3.63, 3.8) is 0 Å². The minimum Gasteiger partial charge on any atom is -0.488 e. The molecule has 1 amide bonds. The smallest absolute Gasteiger partial charge is 0.342 e. The SMILES string of the molecule is C[C@H]1CCCC[C@H]1NC(=O)COC(=O)c1ccccc1OCc1ccccc1. The molecule has 1 aliphatic carbocycles. The fourth-order valence-electron chi connectivity index (χ4n) is 3.48. The van der Waals surface area contributed by atoms with Gasteiger partial charge in [-0.15, -0.1) is 0 Å². The zero-order chi connectivity index (χ0) is 19.8. The van der Waals surface area contributed by atoms with E-state index in [4.69, 9.17) is 9.47 Å². The topological polar surface area (TPSA) is 64.6 Å². The van der Waals surface area contributed by atoms with Gasteiger partial charge in [0.15, 0.2) is 6.61 Å². The molecule has 2 aromatic carbocycles. The van der Waals surface area contributed by atoms with E-state index in [1.54, 1.807) is 24.3 Å². The Morgan fingerprint density at radius 1 is 1.00 bits per heavy atom. The molecule has 0 heterocycles. The van der Waals surface area contributed by atoms with Gasteiger partial charge in [-0.1, -0.05) is 62.2 Å². The summed E-state index contributed by atoms with van der Waals surface area (Å²) in [6, 6.07) is 16.8. The van der Waals surface area contributed by atoms with Crippen LogP contribution in [0.1, 0.15) is 48.5 Å². The largest absolute Gasteiger partial charge is 0.488 e. The number of nitrogens with one attached hydrogen (secondary N) is 1. The number of ether oxygens (including phenoxy) is 2. The van der Waals surface area contributed by atoms with Crippen LogP contribution in [0.4, 0.5) is 0 Å². The monoisotopic (exact) mass is 381 g/mol. The van der Waals surface area contributed by atoms with Crippen LogP contribution in [0.5, 0.6) is 5.75 Å². The summed E-state index contributed by atoms with van der Waals surface area (Å²) in [4.78, 5) is 24.6. The summed E-state index contributed by atoms with van der Waals surface area (Å²) in [6.45, 7) is 2.22. The predicted octanol–water partition coefficient (Wildman–Crippen LogP) is 4.12. The molecule has 2 atom stereocenters. The second-order valence-corrected chi connectivity index (χ2v) is 7.28. The average Bonchev–Trinajstić information content (AvgIpc) is 2.73. The van der Waals surface area contributed by atoms with Crippen LogP contribution in [-0.4, -0.2) is 24.5 Å². The average molecular weight is 381 g/mol. The maximum atomic E-state index is 12.5. The van der Waals surface area contributed by atoms with Crippen LogP contribution in [0, 0.1) is 5.92 Å². The van der Waals surface area contributed by atoms with E-state index in [9.17, 15) is 9.59 Å². The fraction of sp³-hybridized carbons (Fsp3) is 0.391. The number of hydrogen-bond donors (Lipinski definition) is 1. The van der Waals surface area contributed by atoms with Gasteiger partial charge in [-0.25, -0.2) is 4.79 Å². The first-order valence-electron chi connectivity index (χ1n) is 9.85. The number of carbonyl (C=O) groups excluding carboxylic acids is 2. The third-order valence-electron chi connectivity index (χ3n) is 5.14. The van der Waals surface area contributed by atoms with Crippen molar-refractivity contribution in [2.24, 2.45) is 5.92 Å². The van der Waals surface area contributed by atoms with Gasteiger partial charge in [-0.05, 0) is 36.5 Å². The number of amides is 1. The molecule has 5 heteroatoms. The summed E-state index contributed by atoms with van der Waals surface area (Å²) in [5.41, 5.74) is 1.32. The zero-order valence-electron chi connectivity index (χ0n) is 16.2. The highest BCUT2D eigenvalue weighted by atomic mass is 16.5. The van der Waals surface area contributed by atoms with Gasteiger partial charge in [0.1, 0.15) is 17.9 Å². The van der Waals surface area contributed by atoms with Gasteiger partial charge in [0, 0.05) is 6.04 Å². The third kappa shape index (κ3) is 5.59. The van der Waals surface area contributed by atoms with E-state index in [1.165, 1.54) is 6.42 Å². The standard InChI is InChI=1S/C23H27NO4/c1-17-9-5-7-13-20(17)24-22(25)16-28-23(26)19-12-6-8-14-21(19)27-15-18-10-3-2-4-11-18/h2-4,6,8,10-12,14,17,20H,5,7,9,13,15-16H2,1H3,(H,24,25)/t17-,20+/m0/s1. The van der Waals surface area contributed by atoms with Crippen molar-refractivity contribution in [3.05, 3.63) is 65.7 Å². The van der Waals surface area contributed by atoms with E-state index < -0.39 is 5.97 Å². The maximum Gasteiger partial charge on any atom is 0.342 e. The normalized spacial score (nSPS) is 18.9. The molecule has 5 nitrogen and oxygen atoms in total. The Morgan fingerprint density at radius 3 is 2.50 bits per heavy atom. The molecule has 0 spiro atoms. The molecule has 0 unspecified atom stereocenters. The van der Waals surface area contributed by atoms with Gasteiger partial charge in [0.2, 0.25) is 0 Å². The molecule has 0 radical (unpaired) electrons. The molecule has 1 fully saturated rings. The van der Waals surface area contributed by atoms with Crippen molar-refractivity contribution in [2.75, 3.05) is 6.61 Å². The minimum absolute atomic E-state index is 0.168. The summed E-state index contributed by atoms with van der Waals surface area (Å²) in [7, 11) is 0. The van der Waals surface area contributed by atoms with Crippen molar-refractivity contribution in [1.29, 1.82) is 0 Å². The second kappa shape index (κ2) is 9.93. The predicted molar refractivity (Wildman–Crippen MR) is 107 cm³/mol. The molecule has 28 heavy (non-hydrogen) atoms. The Morgan fingerprint density at radius 2 is 1.71 bits per heavy atom. The molecule has 2 aromatic rings. The second-order valence-electron chi connectivity index (χ2n) is 7.28. The van der Waals surface area contributed by atoms with Crippen LogP contribution in [0.2, 0.25) is 0 Å². The molecule has 148 valence electrons. The van der Waals surface area contributed by atoms with Crippen molar-refractivity contribution in [3.8, 4) is 5.75 Å². The van der Waals surface area contributed by atoms with E-state index in [0.29, 0.717) is 23.8 Å². The molecule has 0 aromatic heterocycles. The first-order valence-corrected chi connectivity index (χ1v) is 9.85. The van der Waals surface area contributed by atoms with Gasteiger partial charge < -0.3 is 14.8 Å². The highest BCUT2D eigenvalue weighted by Gasteiger charge is 2.23. The molecule has 0 saturated heterocycles. The number of para-hydroxylation sites is 1. The van der Waals surface area contributed by atoms with Crippen LogP contribution in [-0.2, 0) is 16.1 Å². The van der Waals surface area contributed by atoms with Gasteiger partial charge in [-0.2, -0.15) is 0 Å². The summed E-state index contributed by atoms with van der Waals surface area (Å²) < 4.78 is 11.0. The molecular formula is C23H27NO4. The molecule has 0 bridgehead atoms. The Balaban J connectivity index is 1.53. The Hall–Kier alpha value is -2.82. The number of esters is 1. The number of carbonyl (C=O) groups is 2. The Kier molecular flexibility index (Phi) is 7.06. The van der Waals surface area contributed by atoms with Crippen LogP contribution in [0.25, 0.3) is 0 Å². The number of hydrogen-bond acceptors (Lipinski definition) is 4. The van der Waals surface area contributed by atoms with Crippen LogP contribution >= 0.6 is 0 Å². The summed E-state index contributed by atoms with van der Waals surface area (Å²) in [5, 5.41) is 2.99. The first-order chi connectivity index (χ1) is 13.6. The zero-order valence-corrected chi connectivity index (χ0v) is 16.2. The minimum atomic E-state index is -0.560. The van der Waals surface area contributed by atoms with Crippen molar-refractivity contribution >= 4 is 11.9 Å². The van der Waals surface area contributed by atoms with Gasteiger partial charge in [0.25, 0.3) is 5.91 Å². The van der Waals surface area contributed by atoms with Crippen molar-refractivity contribution in [1.82, 2.24) is 5.32 Å².